The number of nitro benzene ring substituents is 1. The van der Waals surface area contributed by atoms with Crippen molar-refractivity contribution in [1.82, 2.24) is 0 Å². The summed E-state index contributed by atoms with van der Waals surface area (Å²) in [7, 11) is 0. The van der Waals surface area contributed by atoms with Gasteiger partial charge >= 0.3 is 29.6 Å². The second-order valence-corrected chi connectivity index (χ2v) is 2.49. The number of halogens is 1. The van der Waals surface area contributed by atoms with Crippen molar-refractivity contribution in [3.8, 4) is 0 Å². The zero-order chi connectivity index (χ0) is 10.3. The van der Waals surface area contributed by atoms with Gasteiger partial charge in [0.1, 0.15) is 0 Å². The summed E-state index contributed by atoms with van der Waals surface area (Å²) in [4.78, 5) is 18.7. The normalized spacial score (nSPS) is 7.57. The minimum absolute atomic E-state index is 0. The Labute approximate surface area is 115 Å². The summed E-state index contributed by atoms with van der Waals surface area (Å²) < 4.78 is 0. The molecule has 0 amide bonds. The van der Waals surface area contributed by atoms with Crippen molar-refractivity contribution in [3.63, 3.8) is 0 Å². The topological polar surface area (TPSA) is 60.2 Å². The fraction of sp³-hybridized carbons (Fsp3) is 0. The number of nitro groups is 1. The summed E-state index contributed by atoms with van der Waals surface area (Å²) in [6.07, 6.45) is 0. The Bertz CT molecular complexity index is 316. The first-order valence-corrected chi connectivity index (χ1v) is 3.98. The van der Waals surface area contributed by atoms with Crippen molar-refractivity contribution >= 4 is 35.7 Å². The summed E-state index contributed by atoms with van der Waals surface area (Å²) >= 11 is 8.21. The predicted octanol–water partition coefficient (Wildman–Crippen LogP) is -0.585. The van der Waals surface area contributed by atoms with Crippen LogP contribution < -0.4 is 29.6 Å². The Balaban J connectivity index is -0.000000260. The van der Waals surface area contributed by atoms with Crippen molar-refractivity contribution in [2.24, 2.45) is 0 Å². The molecule has 0 heterocycles. The maximum absolute atomic E-state index is 10.2. The smallest absolute Gasteiger partial charge is 1.00 e. The SMILES string of the molecule is O=CCl.O=[N+]([O-])c1ccccc1S.[H-].[Na+]. The van der Waals surface area contributed by atoms with Crippen LogP contribution in [0, 0.1) is 10.1 Å². The van der Waals surface area contributed by atoms with Gasteiger partial charge in [0.15, 0.2) is 0 Å². The molecule has 14 heavy (non-hydrogen) atoms. The Morgan fingerprint density at radius 2 is 1.93 bits per heavy atom. The van der Waals surface area contributed by atoms with Crippen molar-refractivity contribution in [3.05, 3.63) is 34.4 Å². The van der Waals surface area contributed by atoms with Crippen LogP contribution in [0.15, 0.2) is 29.2 Å². The number of nitrogens with zero attached hydrogens (tertiary/aromatic N) is 1. The molecular weight excluding hydrogens is 237 g/mol. The maximum atomic E-state index is 10.2. The van der Waals surface area contributed by atoms with Crippen LogP contribution in [0.4, 0.5) is 5.69 Å². The van der Waals surface area contributed by atoms with Gasteiger partial charge in [0, 0.05) is 6.07 Å². The van der Waals surface area contributed by atoms with Crippen LogP contribution >= 0.6 is 24.2 Å². The average Bonchev–Trinajstić information content (AvgIpc) is 2.06. The Kier molecular flexibility index (Phi) is 11.1. The van der Waals surface area contributed by atoms with Crippen molar-refractivity contribution in [2.45, 2.75) is 4.90 Å². The molecule has 0 aliphatic carbocycles. The number of carbonyl (C=O) groups is 1. The summed E-state index contributed by atoms with van der Waals surface area (Å²) in [6, 6.07) is 6.32. The number of hydrogen-bond acceptors (Lipinski definition) is 4. The summed E-state index contributed by atoms with van der Waals surface area (Å²) in [6.45, 7) is 0. The number of para-hydroxylation sites is 1. The van der Waals surface area contributed by atoms with Crippen LogP contribution in [0.1, 0.15) is 1.43 Å². The van der Waals surface area contributed by atoms with E-state index in [1.165, 1.54) is 6.07 Å². The minimum Gasteiger partial charge on any atom is -1.00 e. The molecule has 7 heteroatoms. The number of hydrogen-bond donors (Lipinski definition) is 1. The minimum atomic E-state index is -0.456. The molecule has 0 radical (unpaired) electrons. The van der Waals surface area contributed by atoms with Gasteiger partial charge in [-0.2, -0.15) is 0 Å². The van der Waals surface area contributed by atoms with E-state index in [2.05, 4.69) is 24.2 Å². The third-order valence-corrected chi connectivity index (χ3v) is 1.46. The summed E-state index contributed by atoms with van der Waals surface area (Å²) in [5.74, 6) is 0.222. The van der Waals surface area contributed by atoms with Gasteiger partial charge in [-0.05, 0) is 17.7 Å². The molecule has 0 aliphatic heterocycles. The largest absolute Gasteiger partial charge is 1.00 e. The first-order valence-electron chi connectivity index (χ1n) is 3.09. The fourth-order valence-electron chi connectivity index (χ4n) is 0.619. The average molecular weight is 244 g/mol. The molecular formula is C7H7ClNNaO3S. The van der Waals surface area contributed by atoms with Crippen LogP contribution in [-0.2, 0) is 4.79 Å². The Hall–Kier alpha value is -0.0700. The van der Waals surface area contributed by atoms with Crippen LogP contribution in [0.2, 0.25) is 0 Å². The first kappa shape index (κ1) is 16.4. The fourth-order valence-corrected chi connectivity index (χ4v) is 0.861. The van der Waals surface area contributed by atoms with Gasteiger partial charge in [-0.15, -0.1) is 12.6 Å². The van der Waals surface area contributed by atoms with E-state index < -0.39 is 4.92 Å². The van der Waals surface area contributed by atoms with Crippen LogP contribution in [0.5, 0.6) is 0 Å². The van der Waals surface area contributed by atoms with E-state index in [-0.39, 0.29) is 42.4 Å². The van der Waals surface area contributed by atoms with Crippen molar-refractivity contribution in [1.29, 1.82) is 0 Å². The number of benzene rings is 1. The standard InChI is InChI=1S/C6H5NO2S.CHClO.Na.H/c8-7(9)5-3-1-2-4-6(5)10;2-1-3;;/h1-4,10H;1H;;/q;;+1;-1. The molecule has 0 saturated heterocycles. The van der Waals surface area contributed by atoms with E-state index in [0.29, 0.717) is 4.90 Å². The molecule has 1 aromatic rings. The van der Waals surface area contributed by atoms with E-state index in [1.54, 1.807) is 18.2 Å². The van der Waals surface area contributed by atoms with E-state index >= 15 is 0 Å². The molecule has 1 aromatic carbocycles. The van der Waals surface area contributed by atoms with Gasteiger partial charge in [-0.25, -0.2) is 0 Å². The molecule has 0 aromatic heterocycles. The first-order chi connectivity index (χ1) is 6.13. The summed E-state index contributed by atoms with van der Waals surface area (Å²) in [5.41, 5.74) is 0.0471. The predicted molar refractivity (Wildman–Crippen MR) is 54.1 cm³/mol. The number of rotatable bonds is 1. The molecule has 0 saturated carbocycles. The molecule has 4 nitrogen and oxygen atoms in total. The maximum Gasteiger partial charge on any atom is 1.00 e. The molecule has 0 aliphatic rings. The number of thiol groups is 1. The molecule has 1 rings (SSSR count). The zero-order valence-corrected chi connectivity index (χ0v) is 11.0. The van der Waals surface area contributed by atoms with Crippen LogP contribution in [-0.4, -0.2) is 10.7 Å². The molecule has 0 N–H and O–H groups in total. The summed E-state index contributed by atoms with van der Waals surface area (Å²) in [5, 5.41) is 10.2. The Morgan fingerprint density at radius 1 is 1.50 bits per heavy atom. The van der Waals surface area contributed by atoms with Crippen LogP contribution in [0.3, 0.4) is 0 Å². The monoisotopic (exact) mass is 243 g/mol. The molecule has 0 bridgehead atoms. The molecule has 0 atom stereocenters. The third-order valence-electron chi connectivity index (χ3n) is 1.08. The Morgan fingerprint density at radius 3 is 2.21 bits per heavy atom. The van der Waals surface area contributed by atoms with E-state index in [1.807, 2.05) is 0 Å². The van der Waals surface area contributed by atoms with Gasteiger partial charge in [-0.3, -0.25) is 14.9 Å². The second kappa shape index (κ2) is 9.48. The van der Waals surface area contributed by atoms with Crippen molar-refractivity contribution < 1.29 is 40.7 Å². The van der Waals surface area contributed by atoms with E-state index in [4.69, 9.17) is 4.79 Å². The van der Waals surface area contributed by atoms with Gasteiger partial charge < -0.3 is 1.43 Å². The van der Waals surface area contributed by atoms with Gasteiger partial charge in [0.25, 0.3) is 5.69 Å². The quantitative estimate of drug-likeness (QED) is 0.179. The van der Waals surface area contributed by atoms with Gasteiger partial charge in [0.05, 0.1) is 9.82 Å². The molecule has 0 spiro atoms. The third kappa shape index (κ3) is 6.39. The van der Waals surface area contributed by atoms with Gasteiger partial charge in [0.2, 0.25) is 5.75 Å². The van der Waals surface area contributed by atoms with Gasteiger partial charge in [-0.1, -0.05) is 12.1 Å². The van der Waals surface area contributed by atoms with E-state index in [9.17, 15) is 10.1 Å². The van der Waals surface area contributed by atoms with E-state index in [0.717, 1.165) is 0 Å². The number of carbonyl (C=O) groups excluding carboxylic acids is 1. The van der Waals surface area contributed by atoms with Crippen LogP contribution in [0.25, 0.3) is 0 Å². The molecule has 72 valence electrons. The zero-order valence-electron chi connectivity index (χ0n) is 8.38. The molecule has 0 unspecified atom stereocenters. The second-order valence-electron chi connectivity index (χ2n) is 1.83. The van der Waals surface area contributed by atoms with Crippen molar-refractivity contribution in [2.75, 3.05) is 0 Å². The molecule has 0 fully saturated rings.